The van der Waals surface area contributed by atoms with Gasteiger partial charge in [0.1, 0.15) is 28.4 Å². The van der Waals surface area contributed by atoms with Gasteiger partial charge < -0.3 is 9.73 Å². The maximum Gasteiger partial charge on any atom is 0.248 e. The highest BCUT2D eigenvalue weighted by Gasteiger charge is 2.08. The molecule has 7 heteroatoms. The van der Waals surface area contributed by atoms with Gasteiger partial charge in [0.05, 0.1) is 5.69 Å². The van der Waals surface area contributed by atoms with E-state index in [1.165, 1.54) is 23.8 Å². The number of hydrogen-bond donors (Lipinski definition) is 1. The van der Waals surface area contributed by atoms with Crippen molar-refractivity contribution in [1.29, 1.82) is 0 Å². The maximum absolute atomic E-state index is 13.1. The molecule has 0 atom stereocenters. The fourth-order valence-electron chi connectivity index (χ4n) is 3.65. The SMILES string of the molecule is CC(C)c1ccc(-n2nc3ccc(NC(=O)/C=C/c4ccc(-c5ccc(F)cc5)o4)cc3n2)cc1. The van der Waals surface area contributed by atoms with Gasteiger partial charge in [-0.05, 0) is 84.3 Å². The van der Waals surface area contributed by atoms with Gasteiger partial charge in [0.2, 0.25) is 5.91 Å². The number of anilines is 1. The van der Waals surface area contributed by atoms with Crippen LogP contribution in [0.3, 0.4) is 0 Å². The van der Waals surface area contributed by atoms with Gasteiger partial charge in [-0.15, -0.1) is 10.2 Å². The first-order chi connectivity index (χ1) is 16.9. The van der Waals surface area contributed by atoms with E-state index in [1.807, 2.05) is 18.2 Å². The van der Waals surface area contributed by atoms with E-state index >= 15 is 0 Å². The van der Waals surface area contributed by atoms with Crippen LogP contribution < -0.4 is 5.32 Å². The molecule has 0 radical (unpaired) electrons. The second-order valence-corrected chi connectivity index (χ2v) is 8.47. The summed E-state index contributed by atoms with van der Waals surface area (Å²) in [5, 5.41) is 11.9. The van der Waals surface area contributed by atoms with E-state index in [-0.39, 0.29) is 11.7 Å². The van der Waals surface area contributed by atoms with Crippen LogP contribution in [0.1, 0.15) is 31.1 Å². The monoisotopic (exact) mass is 466 g/mol. The molecule has 5 rings (SSSR count). The zero-order chi connectivity index (χ0) is 24.4. The molecule has 1 N–H and O–H groups in total. The molecule has 2 heterocycles. The Labute approximate surface area is 201 Å². The van der Waals surface area contributed by atoms with Crippen LogP contribution in [0.15, 0.2) is 89.4 Å². The highest BCUT2D eigenvalue weighted by molar-refractivity contribution is 6.02. The summed E-state index contributed by atoms with van der Waals surface area (Å²) in [5.74, 6) is 0.955. The van der Waals surface area contributed by atoms with Crippen LogP contribution in [0.4, 0.5) is 10.1 Å². The summed E-state index contributed by atoms with van der Waals surface area (Å²) in [7, 11) is 0. The molecule has 174 valence electrons. The minimum atomic E-state index is -0.307. The van der Waals surface area contributed by atoms with Gasteiger partial charge in [-0.3, -0.25) is 4.79 Å². The molecule has 0 aliphatic carbocycles. The average Bonchev–Trinajstić information content (AvgIpc) is 3.50. The van der Waals surface area contributed by atoms with Gasteiger partial charge in [0.25, 0.3) is 0 Å². The van der Waals surface area contributed by atoms with Crippen LogP contribution in [-0.2, 0) is 4.79 Å². The largest absolute Gasteiger partial charge is 0.457 e. The first-order valence-electron chi connectivity index (χ1n) is 11.3. The summed E-state index contributed by atoms with van der Waals surface area (Å²) >= 11 is 0. The van der Waals surface area contributed by atoms with E-state index in [9.17, 15) is 9.18 Å². The van der Waals surface area contributed by atoms with Gasteiger partial charge in [-0.1, -0.05) is 26.0 Å². The second kappa shape index (κ2) is 9.38. The Bertz CT molecular complexity index is 1510. The Morgan fingerprint density at radius 3 is 2.43 bits per heavy atom. The number of aromatic nitrogens is 3. The average molecular weight is 467 g/mol. The molecule has 0 saturated carbocycles. The topological polar surface area (TPSA) is 73.0 Å². The molecule has 0 aliphatic rings. The molecule has 0 fully saturated rings. The lowest BCUT2D eigenvalue weighted by Gasteiger charge is -2.05. The molecule has 35 heavy (non-hydrogen) atoms. The van der Waals surface area contributed by atoms with E-state index in [2.05, 4.69) is 41.5 Å². The lowest BCUT2D eigenvalue weighted by atomic mass is 10.0. The third-order valence-electron chi connectivity index (χ3n) is 5.59. The number of carbonyl (C=O) groups excluding carboxylic acids is 1. The molecule has 0 unspecified atom stereocenters. The predicted molar refractivity (Wildman–Crippen MR) is 135 cm³/mol. The van der Waals surface area contributed by atoms with Crippen molar-refractivity contribution >= 4 is 28.7 Å². The van der Waals surface area contributed by atoms with Crippen molar-refractivity contribution in [2.45, 2.75) is 19.8 Å². The predicted octanol–water partition coefficient (Wildman–Crippen LogP) is 6.59. The number of halogens is 1. The summed E-state index contributed by atoms with van der Waals surface area (Å²) in [6.45, 7) is 4.31. The number of furan rings is 1. The Morgan fingerprint density at radius 1 is 0.943 bits per heavy atom. The van der Waals surface area contributed by atoms with Gasteiger partial charge in [-0.25, -0.2) is 4.39 Å². The smallest absolute Gasteiger partial charge is 0.248 e. The van der Waals surface area contributed by atoms with Crippen molar-refractivity contribution in [2.24, 2.45) is 0 Å². The Hall–Kier alpha value is -4.52. The first kappa shape index (κ1) is 22.3. The molecule has 1 amide bonds. The van der Waals surface area contributed by atoms with Crippen LogP contribution in [0.25, 0.3) is 34.1 Å². The third kappa shape index (κ3) is 5.04. The highest BCUT2D eigenvalue weighted by atomic mass is 19.1. The van der Waals surface area contributed by atoms with E-state index < -0.39 is 0 Å². The normalized spacial score (nSPS) is 11.5. The van der Waals surface area contributed by atoms with E-state index in [0.717, 1.165) is 16.8 Å². The summed E-state index contributed by atoms with van der Waals surface area (Å²) < 4.78 is 18.8. The third-order valence-corrected chi connectivity index (χ3v) is 5.59. The molecular formula is C28H23FN4O2. The van der Waals surface area contributed by atoms with Crippen molar-refractivity contribution < 1.29 is 13.6 Å². The number of benzene rings is 3. The van der Waals surface area contributed by atoms with Crippen molar-refractivity contribution in [3.63, 3.8) is 0 Å². The Balaban J connectivity index is 1.26. The second-order valence-electron chi connectivity index (χ2n) is 8.47. The van der Waals surface area contributed by atoms with Gasteiger partial charge in [0.15, 0.2) is 0 Å². The zero-order valence-electron chi connectivity index (χ0n) is 19.3. The van der Waals surface area contributed by atoms with Crippen molar-refractivity contribution in [2.75, 3.05) is 5.32 Å². The van der Waals surface area contributed by atoms with E-state index in [4.69, 9.17) is 4.42 Å². The van der Waals surface area contributed by atoms with Crippen molar-refractivity contribution in [3.05, 3.63) is 102 Å². The lowest BCUT2D eigenvalue weighted by Crippen LogP contribution is -2.07. The van der Waals surface area contributed by atoms with Crippen LogP contribution in [0, 0.1) is 5.82 Å². The van der Waals surface area contributed by atoms with Gasteiger partial charge in [-0.2, -0.15) is 4.80 Å². The molecule has 0 bridgehead atoms. The molecule has 3 aromatic carbocycles. The number of nitrogens with zero attached hydrogens (tertiary/aromatic N) is 3. The number of carbonyl (C=O) groups is 1. The van der Waals surface area contributed by atoms with Crippen molar-refractivity contribution in [3.8, 4) is 17.0 Å². The molecular weight excluding hydrogens is 443 g/mol. The Kier molecular flexibility index (Phi) is 5.97. The Morgan fingerprint density at radius 2 is 1.69 bits per heavy atom. The van der Waals surface area contributed by atoms with Crippen LogP contribution >= 0.6 is 0 Å². The molecule has 0 aliphatic heterocycles. The molecule has 0 spiro atoms. The quantitative estimate of drug-likeness (QED) is 0.286. The number of hydrogen-bond acceptors (Lipinski definition) is 4. The summed E-state index contributed by atoms with van der Waals surface area (Å²) in [5.41, 5.74) is 4.90. The first-order valence-corrected chi connectivity index (χ1v) is 11.3. The minimum absolute atomic E-state index is 0.305. The fraction of sp³-hybridized carbons (Fsp3) is 0.107. The zero-order valence-corrected chi connectivity index (χ0v) is 19.3. The number of nitrogens with one attached hydrogen (secondary N) is 1. The minimum Gasteiger partial charge on any atom is -0.457 e. The standard InChI is InChI=1S/C28H23FN4O2/c1-18(2)19-5-10-23(11-6-19)33-31-25-14-9-22(17-26(25)32-33)30-28(34)16-13-24-12-15-27(35-24)20-3-7-21(29)8-4-20/h3-18H,1-2H3,(H,30,34)/b16-13+. The van der Waals surface area contributed by atoms with Crippen LogP contribution in [-0.4, -0.2) is 20.9 Å². The highest BCUT2D eigenvalue weighted by Crippen LogP contribution is 2.23. The van der Waals surface area contributed by atoms with Crippen LogP contribution in [0.2, 0.25) is 0 Å². The van der Waals surface area contributed by atoms with Crippen LogP contribution in [0.5, 0.6) is 0 Å². The molecule has 6 nitrogen and oxygen atoms in total. The van der Waals surface area contributed by atoms with Gasteiger partial charge >= 0.3 is 0 Å². The van der Waals surface area contributed by atoms with Crippen molar-refractivity contribution in [1.82, 2.24) is 15.0 Å². The lowest BCUT2D eigenvalue weighted by molar-refractivity contribution is -0.111. The van der Waals surface area contributed by atoms with E-state index in [1.54, 1.807) is 47.3 Å². The van der Waals surface area contributed by atoms with E-state index in [0.29, 0.717) is 28.6 Å². The maximum atomic E-state index is 13.1. The molecule has 0 saturated heterocycles. The number of fused-ring (bicyclic) bond motifs is 1. The summed E-state index contributed by atoms with van der Waals surface area (Å²) in [6.07, 6.45) is 2.97. The summed E-state index contributed by atoms with van der Waals surface area (Å²) in [6, 6.07) is 23.1. The number of amides is 1. The fourth-order valence-corrected chi connectivity index (χ4v) is 3.65. The van der Waals surface area contributed by atoms with Gasteiger partial charge in [0, 0.05) is 17.3 Å². The molecule has 5 aromatic rings. The number of rotatable bonds is 6. The summed E-state index contributed by atoms with van der Waals surface area (Å²) in [4.78, 5) is 14.0. The molecule has 2 aromatic heterocycles.